The molecular formula is C20H27NO. The fourth-order valence-electron chi connectivity index (χ4n) is 2.81. The van der Waals surface area contributed by atoms with Gasteiger partial charge in [0.25, 0.3) is 0 Å². The molecule has 0 saturated heterocycles. The van der Waals surface area contributed by atoms with Crippen molar-refractivity contribution in [2.24, 2.45) is 11.7 Å². The van der Waals surface area contributed by atoms with Crippen molar-refractivity contribution in [3.63, 3.8) is 0 Å². The monoisotopic (exact) mass is 297 g/mol. The van der Waals surface area contributed by atoms with Gasteiger partial charge in [0.2, 0.25) is 0 Å². The Morgan fingerprint density at radius 2 is 1.77 bits per heavy atom. The second kappa shape index (κ2) is 8.00. The Labute approximate surface area is 134 Å². The number of benzene rings is 2. The zero-order chi connectivity index (χ0) is 15.9. The Balaban J connectivity index is 2.03. The van der Waals surface area contributed by atoms with Crippen molar-refractivity contribution in [2.45, 2.75) is 39.7 Å². The van der Waals surface area contributed by atoms with Crippen LogP contribution in [-0.4, -0.2) is 6.54 Å². The van der Waals surface area contributed by atoms with Crippen LogP contribution in [0.1, 0.15) is 42.9 Å². The summed E-state index contributed by atoms with van der Waals surface area (Å²) < 4.78 is 5.90. The average Bonchev–Trinajstić information content (AvgIpc) is 2.53. The van der Waals surface area contributed by atoms with E-state index in [0.717, 1.165) is 18.7 Å². The molecule has 2 aromatic rings. The lowest BCUT2D eigenvalue weighted by Crippen LogP contribution is -2.13. The van der Waals surface area contributed by atoms with Crippen molar-refractivity contribution in [1.29, 1.82) is 0 Å². The summed E-state index contributed by atoms with van der Waals surface area (Å²) in [4.78, 5) is 0. The van der Waals surface area contributed by atoms with E-state index in [0.29, 0.717) is 18.4 Å². The van der Waals surface area contributed by atoms with Gasteiger partial charge in [-0.2, -0.15) is 0 Å². The van der Waals surface area contributed by atoms with Gasteiger partial charge in [-0.05, 0) is 60.5 Å². The summed E-state index contributed by atoms with van der Waals surface area (Å²) in [6.07, 6.45) is 1.06. The van der Waals surface area contributed by atoms with Crippen molar-refractivity contribution in [3.05, 3.63) is 65.2 Å². The first-order chi connectivity index (χ1) is 10.6. The number of nitrogens with two attached hydrogens (primary N) is 1. The van der Waals surface area contributed by atoms with Gasteiger partial charge in [0, 0.05) is 0 Å². The van der Waals surface area contributed by atoms with Crippen molar-refractivity contribution < 1.29 is 4.74 Å². The predicted molar refractivity (Wildman–Crippen MR) is 93.2 cm³/mol. The van der Waals surface area contributed by atoms with Crippen molar-refractivity contribution >= 4 is 0 Å². The zero-order valence-corrected chi connectivity index (χ0v) is 13.9. The molecule has 22 heavy (non-hydrogen) atoms. The van der Waals surface area contributed by atoms with Crippen LogP contribution in [0.2, 0.25) is 0 Å². The van der Waals surface area contributed by atoms with Crippen LogP contribution in [0.25, 0.3) is 0 Å². The van der Waals surface area contributed by atoms with E-state index in [-0.39, 0.29) is 0 Å². The molecule has 0 bridgehead atoms. The Bertz CT molecular complexity index is 580. The zero-order valence-electron chi connectivity index (χ0n) is 13.9. The lowest BCUT2D eigenvalue weighted by molar-refractivity contribution is 0.305. The molecule has 2 heteroatoms. The summed E-state index contributed by atoms with van der Waals surface area (Å²) in [5.74, 6) is 2.05. The van der Waals surface area contributed by atoms with E-state index < -0.39 is 0 Å². The van der Waals surface area contributed by atoms with Gasteiger partial charge in [-0.3, -0.25) is 0 Å². The van der Waals surface area contributed by atoms with Crippen LogP contribution >= 0.6 is 0 Å². The highest BCUT2D eigenvalue weighted by atomic mass is 16.5. The number of ether oxygens (including phenoxy) is 1. The van der Waals surface area contributed by atoms with E-state index in [9.17, 15) is 0 Å². The van der Waals surface area contributed by atoms with Crippen LogP contribution < -0.4 is 10.5 Å². The quantitative estimate of drug-likeness (QED) is 0.806. The Kier molecular flexibility index (Phi) is 6.02. The van der Waals surface area contributed by atoms with Gasteiger partial charge in [0.1, 0.15) is 12.4 Å². The first-order valence-corrected chi connectivity index (χ1v) is 8.09. The highest BCUT2D eigenvalue weighted by Crippen LogP contribution is 2.30. The first-order valence-electron chi connectivity index (χ1n) is 8.09. The highest BCUT2D eigenvalue weighted by molar-refractivity contribution is 5.37. The molecular weight excluding hydrogens is 270 g/mol. The van der Waals surface area contributed by atoms with Gasteiger partial charge < -0.3 is 10.5 Å². The fraction of sp³-hybridized carbons (Fsp3) is 0.400. The molecule has 0 aromatic heterocycles. The predicted octanol–water partition coefficient (Wildman–Crippen LogP) is 4.66. The van der Waals surface area contributed by atoms with Crippen LogP contribution in [-0.2, 0) is 6.61 Å². The van der Waals surface area contributed by atoms with Gasteiger partial charge in [0.05, 0.1) is 0 Å². The Morgan fingerprint density at radius 1 is 1.05 bits per heavy atom. The number of rotatable bonds is 7. The lowest BCUT2D eigenvalue weighted by Gasteiger charge is -2.22. The van der Waals surface area contributed by atoms with Crippen LogP contribution in [0.3, 0.4) is 0 Å². The maximum absolute atomic E-state index is 5.90. The largest absolute Gasteiger partial charge is 0.489 e. The maximum atomic E-state index is 5.90. The van der Waals surface area contributed by atoms with Crippen LogP contribution in [0.15, 0.2) is 48.5 Å². The molecule has 2 N–H and O–H groups in total. The van der Waals surface area contributed by atoms with Gasteiger partial charge in [-0.25, -0.2) is 0 Å². The Morgan fingerprint density at radius 3 is 2.41 bits per heavy atom. The molecule has 2 unspecified atom stereocenters. The summed E-state index contributed by atoms with van der Waals surface area (Å²) in [5, 5.41) is 0. The van der Waals surface area contributed by atoms with Crippen LogP contribution in [0.5, 0.6) is 5.75 Å². The summed E-state index contributed by atoms with van der Waals surface area (Å²) in [7, 11) is 0. The van der Waals surface area contributed by atoms with Crippen LogP contribution in [0.4, 0.5) is 0 Å². The molecule has 0 spiro atoms. The van der Waals surface area contributed by atoms with Gasteiger partial charge >= 0.3 is 0 Å². The number of aryl methyl sites for hydroxylation is 1. The molecule has 0 aliphatic heterocycles. The number of hydrogen-bond donors (Lipinski definition) is 1. The first kappa shape index (κ1) is 16.6. The molecule has 2 aromatic carbocycles. The van der Waals surface area contributed by atoms with Gasteiger partial charge in [-0.1, -0.05) is 50.2 Å². The third-order valence-corrected chi connectivity index (χ3v) is 4.46. The standard InChI is InChI=1S/C20H27NO/c1-15(11-12-21)17(3)20-10-9-19(13-16(20)2)22-14-18-7-5-4-6-8-18/h4-10,13,15,17H,11-12,14,21H2,1-3H3. The lowest BCUT2D eigenvalue weighted by atomic mass is 9.84. The molecule has 0 aliphatic carbocycles. The molecule has 0 amide bonds. The van der Waals surface area contributed by atoms with Gasteiger partial charge in [0.15, 0.2) is 0 Å². The minimum absolute atomic E-state index is 0.520. The topological polar surface area (TPSA) is 35.2 Å². The SMILES string of the molecule is Cc1cc(OCc2ccccc2)ccc1C(C)C(C)CCN. The second-order valence-electron chi connectivity index (χ2n) is 6.14. The Hall–Kier alpha value is -1.80. The maximum Gasteiger partial charge on any atom is 0.120 e. The molecule has 0 aliphatic rings. The van der Waals surface area contributed by atoms with E-state index in [1.165, 1.54) is 16.7 Å². The molecule has 2 rings (SSSR count). The molecule has 2 nitrogen and oxygen atoms in total. The third-order valence-electron chi connectivity index (χ3n) is 4.46. The highest BCUT2D eigenvalue weighted by Gasteiger charge is 2.16. The molecule has 0 fully saturated rings. The van der Waals surface area contributed by atoms with E-state index in [2.05, 4.69) is 51.1 Å². The molecule has 118 valence electrons. The molecule has 0 saturated carbocycles. The normalized spacial score (nSPS) is 13.6. The summed E-state index contributed by atoms with van der Waals surface area (Å²) >= 11 is 0. The third kappa shape index (κ3) is 4.35. The second-order valence-corrected chi connectivity index (χ2v) is 6.14. The summed E-state index contributed by atoms with van der Waals surface area (Å²) in [6.45, 7) is 8.09. The van der Waals surface area contributed by atoms with E-state index in [1.54, 1.807) is 0 Å². The van der Waals surface area contributed by atoms with Crippen molar-refractivity contribution in [1.82, 2.24) is 0 Å². The molecule has 0 heterocycles. The summed E-state index contributed by atoms with van der Waals surface area (Å²) in [5.41, 5.74) is 9.56. The number of hydrogen-bond acceptors (Lipinski definition) is 2. The van der Waals surface area contributed by atoms with Gasteiger partial charge in [-0.15, -0.1) is 0 Å². The smallest absolute Gasteiger partial charge is 0.120 e. The van der Waals surface area contributed by atoms with E-state index in [1.807, 2.05) is 18.2 Å². The average molecular weight is 297 g/mol. The summed E-state index contributed by atoms with van der Waals surface area (Å²) in [6, 6.07) is 16.7. The van der Waals surface area contributed by atoms with E-state index >= 15 is 0 Å². The van der Waals surface area contributed by atoms with E-state index in [4.69, 9.17) is 10.5 Å². The fourth-order valence-corrected chi connectivity index (χ4v) is 2.81. The minimum Gasteiger partial charge on any atom is -0.489 e. The van der Waals surface area contributed by atoms with Crippen LogP contribution in [0, 0.1) is 12.8 Å². The minimum atomic E-state index is 0.520. The van der Waals surface area contributed by atoms with Crippen molar-refractivity contribution in [2.75, 3.05) is 6.54 Å². The van der Waals surface area contributed by atoms with Crippen molar-refractivity contribution in [3.8, 4) is 5.75 Å². The molecule has 0 radical (unpaired) electrons. The molecule has 2 atom stereocenters.